The third kappa shape index (κ3) is 2.05. The van der Waals surface area contributed by atoms with Crippen molar-refractivity contribution in [3.63, 3.8) is 0 Å². The second kappa shape index (κ2) is 4.26. The molecule has 0 atom stereocenters. The zero-order valence-corrected chi connectivity index (χ0v) is 7.95. The molecule has 2 aromatic heterocycles. The lowest BCUT2D eigenvalue weighted by Gasteiger charge is -1.93. The first-order valence-electron chi connectivity index (χ1n) is 4.22. The predicted octanol–water partition coefficient (Wildman–Crippen LogP) is 0.00870. The first-order valence-corrected chi connectivity index (χ1v) is 4.22. The summed E-state index contributed by atoms with van der Waals surface area (Å²) < 4.78 is 9.22. The minimum Gasteiger partial charge on any atom is -0.463 e. The Morgan fingerprint density at radius 2 is 2.44 bits per heavy atom. The van der Waals surface area contributed by atoms with Gasteiger partial charge in [0.1, 0.15) is 5.76 Å². The number of nitrogen functional groups attached to an aromatic ring is 1. The minimum absolute atomic E-state index is 0.0919. The van der Waals surface area contributed by atoms with E-state index in [1.807, 2.05) is 0 Å². The number of anilines is 1. The van der Waals surface area contributed by atoms with Crippen LogP contribution in [0.3, 0.4) is 0 Å². The van der Waals surface area contributed by atoms with E-state index in [0.717, 1.165) is 0 Å². The average molecular weight is 221 g/mol. The van der Waals surface area contributed by atoms with E-state index in [9.17, 15) is 4.79 Å². The summed E-state index contributed by atoms with van der Waals surface area (Å²) >= 11 is 0. The molecule has 0 fully saturated rings. The molecule has 0 spiro atoms. The Labute approximate surface area is 89.1 Å². The molecule has 0 aliphatic rings. The predicted molar refractivity (Wildman–Crippen MR) is 52.5 cm³/mol. The highest BCUT2D eigenvalue weighted by Crippen LogP contribution is 2.02. The zero-order valence-electron chi connectivity index (χ0n) is 7.95. The molecule has 16 heavy (non-hydrogen) atoms. The Morgan fingerprint density at radius 1 is 1.56 bits per heavy atom. The highest BCUT2D eigenvalue weighted by Gasteiger charge is 2.14. The van der Waals surface area contributed by atoms with Crippen molar-refractivity contribution in [2.24, 2.45) is 5.10 Å². The summed E-state index contributed by atoms with van der Waals surface area (Å²) in [5, 5.41) is 10.2. The second-order valence-corrected chi connectivity index (χ2v) is 2.71. The molecule has 2 aromatic rings. The molecule has 0 bridgehead atoms. The monoisotopic (exact) mass is 221 g/mol. The molecule has 0 aliphatic heterocycles. The molecule has 0 saturated carbocycles. The van der Waals surface area contributed by atoms with E-state index in [4.69, 9.17) is 10.2 Å². The van der Waals surface area contributed by atoms with Gasteiger partial charge in [0.2, 0.25) is 11.5 Å². The van der Waals surface area contributed by atoms with Gasteiger partial charge >= 0.3 is 0 Å². The van der Waals surface area contributed by atoms with Gasteiger partial charge in [-0.2, -0.15) is 5.10 Å². The van der Waals surface area contributed by atoms with Crippen LogP contribution in [-0.2, 0) is 0 Å². The summed E-state index contributed by atoms with van der Waals surface area (Å²) in [4.78, 5) is 11.4. The van der Waals surface area contributed by atoms with Gasteiger partial charge in [-0.15, -0.1) is 0 Å². The molecule has 2 rings (SSSR count). The fourth-order valence-corrected chi connectivity index (χ4v) is 0.925. The summed E-state index contributed by atoms with van der Waals surface area (Å²) in [6.45, 7) is 0. The number of rotatable bonds is 3. The van der Waals surface area contributed by atoms with Crippen LogP contribution in [-0.4, -0.2) is 22.4 Å². The molecule has 82 valence electrons. The zero-order chi connectivity index (χ0) is 11.4. The number of carbonyl (C=O) groups is 1. The molecule has 8 nitrogen and oxygen atoms in total. The van der Waals surface area contributed by atoms with Gasteiger partial charge in [-0.25, -0.2) is 10.1 Å². The van der Waals surface area contributed by atoms with Crippen molar-refractivity contribution in [2.75, 3.05) is 5.73 Å². The number of nitrogens with two attached hydrogens (primary N) is 1. The number of hydrogen-bond donors (Lipinski definition) is 2. The Kier molecular flexibility index (Phi) is 2.63. The van der Waals surface area contributed by atoms with Crippen molar-refractivity contribution in [1.82, 2.24) is 15.7 Å². The molecule has 0 radical (unpaired) electrons. The molecular formula is C8H7N5O3. The van der Waals surface area contributed by atoms with Gasteiger partial charge in [0.05, 0.1) is 12.5 Å². The number of hydrogen-bond acceptors (Lipinski definition) is 7. The largest absolute Gasteiger partial charge is 0.463 e. The molecular weight excluding hydrogens is 214 g/mol. The Morgan fingerprint density at radius 3 is 3.06 bits per heavy atom. The number of aromatic nitrogens is 2. The molecule has 0 saturated heterocycles. The summed E-state index contributed by atoms with van der Waals surface area (Å²) in [5.41, 5.74) is 7.39. The van der Waals surface area contributed by atoms with Gasteiger partial charge in [0, 0.05) is 0 Å². The van der Waals surface area contributed by atoms with E-state index in [1.54, 1.807) is 12.1 Å². The van der Waals surface area contributed by atoms with E-state index in [-0.39, 0.29) is 11.5 Å². The maximum absolute atomic E-state index is 11.4. The topological polar surface area (TPSA) is 120 Å². The first-order chi connectivity index (χ1) is 7.77. The van der Waals surface area contributed by atoms with Crippen LogP contribution in [0.25, 0.3) is 0 Å². The fraction of sp³-hybridized carbons (Fsp3) is 0. The lowest BCUT2D eigenvalue weighted by atomic mass is 10.4. The Hall–Kier alpha value is -2.64. The summed E-state index contributed by atoms with van der Waals surface area (Å²) in [5.74, 6) is -0.196. The van der Waals surface area contributed by atoms with Gasteiger partial charge < -0.3 is 10.2 Å². The SMILES string of the molecule is Nc1nonc1C(=O)N/N=C/c1ccco1. The van der Waals surface area contributed by atoms with Crippen molar-refractivity contribution in [2.45, 2.75) is 0 Å². The lowest BCUT2D eigenvalue weighted by Crippen LogP contribution is -2.19. The molecule has 2 heterocycles. The smallest absolute Gasteiger partial charge is 0.297 e. The van der Waals surface area contributed by atoms with Crippen LogP contribution in [0.1, 0.15) is 16.2 Å². The van der Waals surface area contributed by atoms with Gasteiger partial charge in [-0.05, 0) is 22.4 Å². The van der Waals surface area contributed by atoms with Gasteiger partial charge in [-0.3, -0.25) is 4.79 Å². The van der Waals surface area contributed by atoms with Gasteiger partial charge in [-0.1, -0.05) is 0 Å². The quantitative estimate of drug-likeness (QED) is 0.556. The van der Waals surface area contributed by atoms with Crippen molar-refractivity contribution in [1.29, 1.82) is 0 Å². The maximum Gasteiger partial charge on any atom is 0.297 e. The Bertz CT molecular complexity index is 501. The highest BCUT2D eigenvalue weighted by molar-refractivity contribution is 5.96. The maximum atomic E-state index is 11.4. The van der Waals surface area contributed by atoms with Gasteiger partial charge in [0.15, 0.2) is 0 Å². The molecule has 8 heteroatoms. The van der Waals surface area contributed by atoms with Crippen LogP contribution in [0.4, 0.5) is 5.82 Å². The third-order valence-electron chi connectivity index (χ3n) is 1.63. The number of hydrazone groups is 1. The fourth-order valence-electron chi connectivity index (χ4n) is 0.925. The van der Waals surface area contributed by atoms with Crippen molar-refractivity contribution in [3.05, 3.63) is 29.9 Å². The molecule has 3 N–H and O–H groups in total. The van der Waals surface area contributed by atoms with Crippen LogP contribution in [0.15, 0.2) is 32.5 Å². The summed E-state index contributed by atoms with van der Waals surface area (Å²) in [6, 6.07) is 3.38. The van der Waals surface area contributed by atoms with Crippen molar-refractivity contribution >= 4 is 17.9 Å². The summed E-state index contributed by atoms with van der Waals surface area (Å²) in [6.07, 6.45) is 2.82. The van der Waals surface area contributed by atoms with E-state index < -0.39 is 5.91 Å². The molecule has 1 amide bonds. The average Bonchev–Trinajstić information content (AvgIpc) is 2.88. The van der Waals surface area contributed by atoms with E-state index in [2.05, 4.69) is 25.5 Å². The Balaban J connectivity index is 1.97. The standard InChI is InChI=1S/C8H7N5O3/c9-7-6(12-16-13-7)8(14)11-10-4-5-2-1-3-15-5/h1-4H,(H2,9,13)(H,11,14)/b10-4+. The van der Waals surface area contributed by atoms with Crippen LogP contribution >= 0.6 is 0 Å². The number of nitrogens with zero attached hydrogens (tertiary/aromatic N) is 3. The van der Waals surface area contributed by atoms with E-state index >= 15 is 0 Å². The van der Waals surface area contributed by atoms with Crippen molar-refractivity contribution in [3.8, 4) is 0 Å². The molecule has 0 aromatic carbocycles. The number of furan rings is 1. The van der Waals surface area contributed by atoms with E-state index in [0.29, 0.717) is 5.76 Å². The van der Waals surface area contributed by atoms with Crippen LogP contribution in [0, 0.1) is 0 Å². The van der Waals surface area contributed by atoms with Gasteiger partial charge in [0.25, 0.3) is 5.91 Å². The van der Waals surface area contributed by atoms with E-state index in [1.165, 1.54) is 12.5 Å². The number of nitrogens with one attached hydrogen (secondary N) is 1. The van der Waals surface area contributed by atoms with Crippen molar-refractivity contribution < 1.29 is 13.8 Å². The van der Waals surface area contributed by atoms with Crippen LogP contribution < -0.4 is 11.2 Å². The molecule has 0 unspecified atom stereocenters. The first kappa shape index (κ1) is 9.90. The van der Waals surface area contributed by atoms with Crippen LogP contribution in [0.2, 0.25) is 0 Å². The lowest BCUT2D eigenvalue weighted by molar-refractivity contribution is 0.0946. The third-order valence-corrected chi connectivity index (χ3v) is 1.63. The normalized spacial score (nSPS) is 10.8. The second-order valence-electron chi connectivity index (χ2n) is 2.71. The van der Waals surface area contributed by atoms with Crippen LogP contribution in [0.5, 0.6) is 0 Å². The molecule has 0 aliphatic carbocycles. The number of carbonyl (C=O) groups excluding carboxylic acids is 1. The number of amides is 1. The minimum atomic E-state index is -0.610. The highest BCUT2D eigenvalue weighted by atomic mass is 16.6. The summed E-state index contributed by atoms with van der Waals surface area (Å²) in [7, 11) is 0.